The second kappa shape index (κ2) is 5.61. The molecule has 0 aromatic carbocycles. The summed E-state index contributed by atoms with van der Waals surface area (Å²) < 4.78 is 6.50. The Hall–Kier alpha value is 2.59. The van der Waals surface area contributed by atoms with Crippen molar-refractivity contribution < 1.29 is 0 Å². The number of hydrogen-bond acceptors (Lipinski definition) is 1. The first-order valence-corrected chi connectivity index (χ1v) is 12.4. The van der Waals surface area contributed by atoms with E-state index < -0.39 is 0 Å². The molecule has 2 fully saturated rings. The summed E-state index contributed by atoms with van der Waals surface area (Å²) in [5.41, 5.74) is 0. The summed E-state index contributed by atoms with van der Waals surface area (Å²) in [7, 11) is 0. The van der Waals surface area contributed by atoms with E-state index in [-0.39, 0.29) is 0 Å². The Morgan fingerprint density at radius 1 is 1.42 bits per heavy atom. The van der Waals surface area contributed by atoms with E-state index in [0.717, 1.165) is 5.25 Å². The molecule has 0 bridgehead atoms. The summed E-state index contributed by atoms with van der Waals surface area (Å²) in [5, 5.41) is 1.06. The molecule has 0 aromatic rings. The van der Waals surface area contributed by atoms with Crippen molar-refractivity contribution in [2.24, 2.45) is 0 Å². The van der Waals surface area contributed by atoms with Gasteiger partial charge in [-0.3, -0.25) is 0 Å². The third-order valence-electron chi connectivity index (χ3n) is 1.92. The van der Waals surface area contributed by atoms with E-state index in [1.807, 2.05) is 3.55 Å². The fourth-order valence-corrected chi connectivity index (χ4v) is 17.4. The number of thioether (sulfide) groups is 1. The maximum absolute atomic E-state index is 2.39. The van der Waals surface area contributed by atoms with Crippen molar-refractivity contribution in [2.45, 2.75) is 29.0 Å². The number of hydrogen-bond donors (Lipinski definition) is 0. The van der Waals surface area contributed by atoms with Crippen LogP contribution >= 0.6 is 11.8 Å². The van der Waals surface area contributed by atoms with Gasteiger partial charge in [0, 0.05) is 0 Å². The first kappa shape index (κ1) is 11.1. The van der Waals surface area contributed by atoms with Gasteiger partial charge in [0.05, 0.1) is 0 Å². The van der Waals surface area contributed by atoms with Crippen LogP contribution in [0.5, 0.6) is 0 Å². The van der Waals surface area contributed by atoms with Gasteiger partial charge in [0.1, 0.15) is 0 Å². The molecule has 12 heavy (non-hydrogen) atoms. The molecule has 2 saturated heterocycles. The fourth-order valence-electron chi connectivity index (χ4n) is 1.18. The average molecular weight is 523 g/mol. The Balaban J connectivity index is 1.76. The Bertz CT molecular complexity index is 173. The minimum atomic E-state index is 0.449. The second-order valence-electron chi connectivity index (χ2n) is 3.05. The molecule has 0 saturated carbocycles. The van der Waals surface area contributed by atoms with E-state index in [1.54, 1.807) is 15.4 Å². The molecule has 0 aromatic heterocycles. The van der Waals surface area contributed by atoms with Crippen molar-refractivity contribution in [3.63, 3.8) is 0 Å². The van der Waals surface area contributed by atoms with Crippen LogP contribution in [0.25, 0.3) is 0 Å². The summed E-state index contributed by atoms with van der Waals surface area (Å²) in [6.45, 7) is 0. The molecule has 0 amide bonds. The van der Waals surface area contributed by atoms with Crippen molar-refractivity contribution >= 4 is 79.0 Å². The molecule has 2 rings (SSSR count). The van der Waals surface area contributed by atoms with Crippen molar-refractivity contribution in [3.8, 4) is 0 Å². The Morgan fingerprint density at radius 3 is 2.67 bits per heavy atom. The van der Waals surface area contributed by atoms with Crippen LogP contribution in [0.3, 0.4) is 0 Å². The molecule has 0 nitrogen and oxygen atoms in total. The zero-order chi connectivity index (χ0) is 8.39. The Labute approximate surface area is 112 Å². The molecule has 0 N–H and O–H groups in total. The van der Waals surface area contributed by atoms with E-state index in [9.17, 15) is 0 Å². The van der Waals surface area contributed by atoms with E-state index in [0.29, 0.717) is 41.8 Å². The van der Waals surface area contributed by atoms with Gasteiger partial charge < -0.3 is 0 Å². The molecule has 0 radical (unpaired) electrons. The Kier molecular flexibility index (Phi) is 5.18. The van der Waals surface area contributed by atoms with Crippen molar-refractivity contribution in [1.82, 2.24) is 0 Å². The Morgan fingerprint density at radius 2 is 2.08 bits per heavy atom. The molecule has 0 aliphatic carbocycles. The quantitative estimate of drug-likeness (QED) is 0.397. The average Bonchev–Trinajstić information content (AvgIpc) is 2.90. The van der Waals surface area contributed by atoms with Crippen LogP contribution in [0.1, 0.15) is 12.8 Å². The molecule has 4 heteroatoms. The molecular formula is C8H12STe3. The molecule has 2 aliphatic rings. The van der Waals surface area contributed by atoms with Gasteiger partial charge in [-0.25, -0.2) is 0 Å². The van der Waals surface area contributed by atoms with Crippen LogP contribution in [0.15, 0.2) is 0 Å². The van der Waals surface area contributed by atoms with Gasteiger partial charge in [-0.05, 0) is 0 Å². The van der Waals surface area contributed by atoms with Crippen LogP contribution in [-0.4, -0.2) is 78.2 Å². The van der Waals surface area contributed by atoms with Crippen LogP contribution < -0.4 is 0 Å². The second-order valence-corrected chi connectivity index (χ2v) is 15.7. The van der Waals surface area contributed by atoms with Gasteiger partial charge in [-0.2, -0.15) is 0 Å². The van der Waals surface area contributed by atoms with Crippen molar-refractivity contribution in [3.05, 3.63) is 0 Å². The first-order valence-electron chi connectivity index (χ1n) is 4.24. The molecule has 0 spiro atoms. The molecule has 2 aliphatic heterocycles. The van der Waals surface area contributed by atoms with E-state index in [1.165, 1.54) is 14.2 Å². The minimum absolute atomic E-state index is 0.449. The molecule has 2 heterocycles. The SMILES string of the molecule is [Te]=C(CC1CS1)C1[Te]CCC[Te]1. The molecule has 68 valence electrons. The van der Waals surface area contributed by atoms with Gasteiger partial charge >= 0.3 is 114 Å². The van der Waals surface area contributed by atoms with Gasteiger partial charge in [0.15, 0.2) is 0 Å². The monoisotopic (exact) mass is 530 g/mol. The van der Waals surface area contributed by atoms with Gasteiger partial charge in [-0.1, -0.05) is 0 Å². The van der Waals surface area contributed by atoms with Crippen molar-refractivity contribution in [1.29, 1.82) is 0 Å². The van der Waals surface area contributed by atoms with Gasteiger partial charge in [-0.15, -0.1) is 0 Å². The van der Waals surface area contributed by atoms with Crippen LogP contribution in [0.4, 0.5) is 0 Å². The summed E-state index contributed by atoms with van der Waals surface area (Å²) in [4.78, 5) is 0. The first-order chi connectivity index (χ1) is 5.86. The standard InChI is InChI=1S/C8H12STe3/c10-7(4-6-5-9-6)8-11-2-1-3-12-8/h6,8H,1-5H2. The topological polar surface area (TPSA) is 0 Å². The molecular weight excluding hydrogens is 511 g/mol. The summed E-state index contributed by atoms with van der Waals surface area (Å²) >= 11 is 5.46. The third kappa shape index (κ3) is 3.63. The van der Waals surface area contributed by atoms with E-state index in [2.05, 4.69) is 33.6 Å². The zero-order valence-corrected chi connectivity index (χ0v) is 14.6. The van der Waals surface area contributed by atoms with Crippen LogP contribution in [0.2, 0.25) is 11.0 Å². The predicted octanol–water partition coefficient (Wildman–Crippen LogP) is 1.23. The maximum atomic E-state index is 2.39. The number of rotatable bonds is 3. The van der Waals surface area contributed by atoms with E-state index in [4.69, 9.17) is 0 Å². The summed E-state index contributed by atoms with van der Waals surface area (Å²) in [6, 6.07) is 0. The summed E-state index contributed by atoms with van der Waals surface area (Å²) in [6.07, 6.45) is 3.10. The normalized spacial score (nSPS) is 30.2. The zero-order valence-electron chi connectivity index (χ0n) is 6.82. The summed E-state index contributed by atoms with van der Waals surface area (Å²) in [5.74, 6) is 1.47. The fraction of sp³-hybridized carbons (Fsp3) is 0.875. The van der Waals surface area contributed by atoms with Gasteiger partial charge in [0.25, 0.3) is 0 Å². The van der Waals surface area contributed by atoms with Crippen LogP contribution in [0, 0.1) is 0 Å². The van der Waals surface area contributed by atoms with Gasteiger partial charge in [0.2, 0.25) is 0 Å². The van der Waals surface area contributed by atoms with Crippen LogP contribution in [-0.2, 0) is 0 Å². The molecule has 1 atom stereocenters. The van der Waals surface area contributed by atoms with Crippen molar-refractivity contribution in [2.75, 3.05) is 5.75 Å². The van der Waals surface area contributed by atoms with E-state index >= 15 is 0 Å². The third-order valence-corrected chi connectivity index (χ3v) is 18.5. The predicted molar refractivity (Wildman–Crippen MR) is 61.1 cm³/mol. The molecule has 1 unspecified atom stereocenters.